The molecule has 0 aromatic rings. The van der Waals surface area contributed by atoms with E-state index in [-0.39, 0.29) is 0 Å². The number of carbonyl (C=O) groups is 1. The molecule has 0 radical (unpaired) electrons. The Bertz CT molecular complexity index is 264. The number of piperidine rings is 1. The zero-order valence-corrected chi connectivity index (χ0v) is 13.7. The van der Waals surface area contributed by atoms with Gasteiger partial charge in [0.1, 0.15) is 0 Å². The Balaban J connectivity index is 2.50. The van der Waals surface area contributed by atoms with Crippen LogP contribution in [0.5, 0.6) is 0 Å². The lowest BCUT2D eigenvalue weighted by atomic mass is 9.99. The maximum atomic E-state index is 12.5. The molecule has 118 valence electrons. The first-order chi connectivity index (χ1) is 9.72. The third-order valence-corrected chi connectivity index (χ3v) is 4.15. The Kier molecular flexibility index (Phi) is 8.86. The molecular formula is C16H33N3O. The number of nitrogens with one attached hydrogen (secondary N) is 1. The molecule has 1 fully saturated rings. The predicted molar refractivity (Wildman–Crippen MR) is 84.9 cm³/mol. The largest absolute Gasteiger partial charge is 0.342 e. The maximum Gasteiger partial charge on any atom is 0.236 e. The van der Waals surface area contributed by atoms with Gasteiger partial charge in [0.15, 0.2) is 0 Å². The van der Waals surface area contributed by atoms with Crippen LogP contribution in [0.15, 0.2) is 0 Å². The van der Waals surface area contributed by atoms with Crippen molar-refractivity contribution < 1.29 is 4.79 Å². The second-order valence-corrected chi connectivity index (χ2v) is 5.89. The highest BCUT2D eigenvalue weighted by Crippen LogP contribution is 2.19. The molecule has 1 aliphatic heterocycles. The summed E-state index contributed by atoms with van der Waals surface area (Å²) in [5.41, 5.74) is 0. The zero-order valence-electron chi connectivity index (χ0n) is 13.7. The number of hydrogen-bond acceptors (Lipinski definition) is 3. The van der Waals surface area contributed by atoms with Crippen LogP contribution < -0.4 is 5.32 Å². The Morgan fingerprint density at radius 3 is 2.55 bits per heavy atom. The lowest BCUT2D eigenvalue weighted by Crippen LogP contribution is -2.47. The Labute approximate surface area is 124 Å². The summed E-state index contributed by atoms with van der Waals surface area (Å²) in [5.74, 6) is 0.324. The lowest BCUT2D eigenvalue weighted by molar-refractivity contribution is -0.133. The van der Waals surface area contributed by atoms with Crippen LogP contribution >= 0.6 is 0 Å². The van der Waals surface area contributed by atoms with Gasteiger partial charge in [0, 0.05) is 19.1 Å². The molecule has 1 saturated heterocycles. The fourth-order valence-electron chi connectivity index (χ4n) is 3.08. The van der Waals surface area contributed by atoms with E-state index in [1.54, 1.807) is 0 Å². The molecule has 0 aromatic carbocycles. The van der Waals surface area contributed by atoms with Crippen LogP contribution in [0.3, 0.4) is 0 Å². The summed E-state index contributed by atoms with van der Waals surface area (Å²) in [7, 11) is 2.00. The van der Waals surface area contributed by atoms with Gasteiger partial charge in [-0.05, 0) is 52.2 Å². The highest BCUT2D eigenvalue weighted by atomic mass is 16.2. The van der Waals surface area contributed by atoms with Crippen molar-refractivity contribution in [1.82, 2.24) is 15.1 Å². The Morgan fingerprint density at radius 2 is 1.95 bits per heavy atom. The van der Waals surface area contributed by atoms with Gasteiger partial charge in [-0.25, -0.2) is 0 Å². The minimum absolute atomic E-state index is 0.324. The standard InChI is InChI=1S/C16H33N3O/c1-4-11-18(12-5-2)16(20)14-19-13-7-6-8-15(19)9-10-17-3/h15,17H,4-14H2,1-3H3. The fourth-order valence-corrected chi connectivity index (χ4v) is 3.08. The van der Waals surface area contributed by atoms with E-state index in [9.17, 15) is 4.79 Å². The topological polar surface area (TPSA) is 35.6 Å². The van der Waals surface area contributed by atoms with Crippen molar-refractivity contribution in [3.8, 4) is 0 Å². The van der Waals surface area contributed by atoms with Gasteiger partial charge in [0.25, 0.3) is 0 Å². The third kappa shape index (κ3) is 5.80. The van der Waals surface area contributed by atoms with Crippen LogP contribution in [0.1, 0.15) is 52.4 Å². The number of carbonyl (C=O) groups excluding carboxylic acids is 1. The van der Waals surface area contributed by atoms with E-state index in [0.717, 1.165) is 45.4 Å². The van der Waals surface area contributed by atoms with Crippen molar-refractivity contribution in [3.05, 3.63) is 0 Å². The van der Waals surface area contributed by atoms with E-state index in [0.29, 0.717) is 18.5 Å². The normalized spacial score (nSPS) is 20.1. The fraction of sp³-hybridized carbons (Fsp3) is 0.938. The summed E-state index contributed by atoms with van der Waals surface area (Å²) in [6, 6.07) is 0.588. The summed E-state index contributed by atoms with van der Waals surface area (Å²) < 4.78 is 0. The number of nitrogens with zero attached hydrogens (tertiary/aromatic N) is 2. The quantitative estimate of drug-likeness (QED) is 0.704. The molecule has 1 atom stereocenters. The summed E-state index contributed by atoms with van der Waals surface area (Å²) in [5, 5.41) is 3.23. The highest BCUT2D eigenvalue weighted by molar-refractivity contribution is 5.78. The monoisotopic (exact) mass is 283 g/mol. The molecule has 0 aromatic heterocycles. The van der Waals surface area contributed by atoms with Crippen molar-refractivity contribution in [2.75, 3.05) is 39.8 Å². The minimum Gasteiger partial charge on any atom is -0.342 e. The van der Waals surface area contributed by atoms with Crippen molar-refractivity contribution >= 4 is 5.91 Å². The zero-order chi connectivity index (χ0) is 14.8. The van der Waals surface area contributed by atoms with E-state index in [2.05, 4.69) is 24.1 Å². The molecular weight excluding hydrogens is 250 g/mol. The first-order valence-electron chi connectivity index (χ1n) is 8.39. The molecule has 4 nitrogen and oxygen atoms in total. The molecule has 1 unspecified atom stereocenters. The maximum absolute atomic E-state index is 12.5. The molecule has 0 bridgehead atoms. The average Bonchev–Trinajstić information content (AvgIpc) is 2.46. The molecule has 0 saturated carbocycles. The predicted octanol–water partition coefficient (Wildman–Crippen LogP) is 2.10. The van der Waals surface area contributed by atoms with Crippen LogP contribution in [-0.4, -0.2) is 61.5 Å². The van der Waals surface area contributed by atoms with E-state index in [1.807, 2.05) is 11.9 Å². The van der Waals surface area contributed by atoms with Gasteiger partial charge >= 0.3 is 0 Å². The van der Waals surface area contributed by atoms with Crippen LogP contribution in [0.4, 0.5) is 0 Å². The van der Waals surface area contributed by atoms with Crippen molar-refractivity contribution in [2.24, 2.45) is 0 Å². The van der Waals surface area contributed by atoms with Gasteiger partial charge in [-0.3, -0.25) is 9.69 Å². The molecule has 1 rings (SSSR count). The summed E-state index contributed by atoms with van der Waals surface area (Å²) in [4.78, 5) is 16.9. The molecule has 1 amide bonds. The SMILES string of the molecule is CCCN(CCC)C(=O)CN1CCCCC1CCNC. The molecule has 1 heterocycles. The average molecular weight is 283 g/mol. The number of likely N-dealkylation sites (tertiary alicyclic amines) is 1. The molecule has 4 heteroatoms. The third-order valence-electron chi connectivity index (χ3n) is 4.15. The molecule has 0 aliphatic carbocycles. The van der Waals surface area contributed by atoms with Gasteiger partial charge in [-0.1, -0.05) is 20.3 Å². The van der Waals surface area contributed by atoms with E-state index >= 15 is 0 Å². The molecule has 0 spiro atoms. The second-order valence-electron chi connectivity index (χ2n) is 5.89. The molecule has 1 N–H and O–H groups in total. The van der Waals surface area contributed by atoms with Crippen LogP contribution in [0.25, 0.3) is 0 Å². The Hall–Kier alpha value is -0.610. The smallest absolute Gasteiger partial charge is 0.236 e. The minimum atomic E-state index is 0.324. The van der Waals surface area contributed by atoms with E-state index in [4.69, 9.17) is 0 Å². The van der Waals surface area contributed by atoms with Gasteiger partial charge in [0.2, 0.25) is 5.91 Å². The summed E-state index contributed by atoms with van der Waals surface area (Å²) >= 11 is 0. The summed E-state index contributed by atoms with van der Waals surface area (Å²) in [6.07, 6.45) is 7.06. The first-order valence-corrected chi connectivity index (χ1v) is 8.39. The second kappa shape index (κ2) is 10.2. The van der Waals surface area contributed by atoms with E-state index in [1.165, 1.54) is 19.3 Å². The van der Waals surface area contributed by atoms with Gasteiger partial charge in [-0.15, -0.1) is 0 Å². The Morgan fingerprint density at radius 1 is 1.25 bits per heavy atom. The molecule has 1 aliphatic rings. The number of rotatable bonds is 9. The lowest BCUT2D eigenvalue weighted by Gasteiger charge is -2.36. The van der Waals surface area contributed by atoms with Crippen molar-refractivity contribution in [1.29, 1.82) is 0 Å². The van der Waals surface area contributed by atoms with E-state index < -0.39 is 0 Å². The number of amides is 1. The van der Waals surface area contributed by atoms with Gasteiger partial charge in [-0.2, -0.15) is 0 Å². The number of hydrogen-bond donors (Lipinski definition) is 1. The summed E-state index contributed by atoms with van der Waals surface area (Å²) in [6.45, 7) is 8.85. The van der Waals surface area contributed by atoms with Crippen LogP contribution in [0.2, 0.25) is 0 Å². The van der Waals surface area contributed by atoms with Crippen molar-refractivity contribution in [2.45, 2.75) is 58.4 Å². The van der Waals surface area contributed by atoms with Crippen molar-refractivity contribution in [3.63, 3.8) is 0 Å². The highest BCUT2D eigenvalue weighted by Gasteiger charge is 2.25. The van der Waals surface area contributed by atoms with Gasteiger partial charge < -0.3 is 10.2 Å². The first kappa shape index (κ1) is 17.4. The molecule has 20 heavy (non-hydrogen) atoms. The van der Waals surface area contributed by atoms with Gasteiger partial charge in [0.05, 0.1) is 6.54 Å². The van der Waals surface area contributed by atoms with Crippen LogP contribution in [0, 0.1) is 0 Å². The van der Waals surface area contributed by atoms with Crippen LogP contribution in [-0.2, 0) is 4.79 Å².